The van der Waals surface area contributed by atoms with Gasteiger partial charge in [-0.25, -0.2) is 0 Å². The molecule has 3 heteroatoms. The topological polar surface area (TPSA) is 55.1 Å². The minimum atomic E-state index is -0.815. The number of amides is 1. The molecule has 0 radical (unpaired) electrons. The fourth-order valence-corrected chi connectivity index (χ4v) is 1.57. The van der Waals surface area contributed by atoms with Crippen molar-refractivity contribution in [2.75, 3.05) is 0 Å². The van der Waals surface area contributed by atoms with Gasteiger partial charge in [0, 0.05) is 6.04 Å². The summed E-state index contributed by atoms with van der Waals surface area (Å²) >= 11 is 0. The summed E-state index contributed by atoms with van der Waals surface area (Å²) in [7, 11) is 0. The van der Waals surface area contributed by atoms with Crippen LogP contribution >= 0.6 is 0 Å². The molecular formula is C14H22N2O. The molecule has 3 N–H and O–H groups in total. The first-order valence-electron chi connectivity index (χ1n) is 6.07. The second kappa shape index (κ2) is 5.82. The van der Waals surface area contributed by atoms with Crippen molar-refractivity contribution >= 4 is 5.91 Å². The highest BCUT2D eigenvalue weighted by Gasteiger charge is 2.23. The second-order valence-electron chi connectivity index (χ2n) is 4.99. The molecule has 1 atom stereocenters. The van der Waals surface area contributed by atoms with Gasteiger partial charge < -0.3 is 11.1 Å². The normalized spacial score (nSPS) is 13.2. The molecule has 17 heavy (non-hydrogen) atoms. The Morgan fingerprint density at radius 1 is 1.35 bits per heavy atom. The molecule has 3 nitrogen and oxygen atoms in total. The largest absolute Gasteiger partial charge is 0.351 e. The number of hydrogen-bond donors (Lipinski definition) is 2. The second-order valence-corrected chi connectivity index (χ2v) is 4.99. The van der Waals surface area contributed by atoms with E-state index in [1.165, 1.54) is 5.56 Å². The molecule has 1 rings (SSSR count). The molecule has 1 aromatic rings. The van der Waals surface area contributed by atoms with Crippen LogP contribution in [0.3, 0.4) is 0 Å². The number of benzene rings is 1. The van der Waals surface area contributed by atoms with E-state index in [0.717, 1.165) is 12.8 Å². The van der Waals surface area contributed by atoms with E-state index in [0.29, 0.717) is 0 Å². The summed E-state index contributed by atoms with van der Waals surface area (Å²) in [6.45, 7) is 5.51. The summed E-state index contributed by atoms with van der Waals surface area (Å²) < 4.78 is 0. The van der Waals surface area contributed by atoms with Crippen molar-refractivity contribution in [2.45, 2.75) is 45.2 Å². The van der Waals surface area contributed by atoms with Crippen LogP contribution in [-0.2, 0) is 11.2 Å². The Hall–Kier alpha value is -1.35. The minimum absolute atomic E-state index is 0.0970. The maximum atomic E-state index is 11.8. The molecule has 0 aromatic heterocycles. The number of nitrogens with two attached hydrogens (primary N) is 1. The Morgan fingerprint density at radius 3 is 2.41 bits per heavy atom. The number of rotatable bonds is 5. The van der Waals surface area contributed by atoms with E-state index in [4.69, 9.17) is 5.73 Å². The highest BCUT2D eigenvalue weighted by atomic mass is 16.2. The summed E-state index contributed by atoms with van der Waals surface area (Å²) in [4.78, 5) is 11.8. The van der Waals surface area contributed by atoms with Crippen molar-refractivity contribution in [2.24, 2.45) is 5.73 Å². The molecule has 0 bridgehead atoms. The molecule has 0 saturated carbocycles. The average Bonchev–Trinajstić information content (AvgIpc) is 2.28. The van der Waals surface area contributed by atoms with E-state index in [-0.39, 0.29) is 11.9 Å². The molecule has 0 saturated heterocycles. The molecule has 0 spiro atoms. The first-order chi connectivity index (χ1) is 7.93. The predicted molar refractivity (Wildman–Crippen MR) is 70.6 cm³/mol. The van der Waals surface area contributed by atoms with E-state index >= 15 is 0 Å². The maximum Gasteiger partial charge on any atom is 0.239 e. The molecule has 0 aliphatic heterocycles. The zero-order chi connectivity index (χ0) is 12.9. The molecule has 0 aliphatic rings. The van der Waals surface area contributed by atoms with E-state index in [9.17, 15) is 4.79 Å². The van der Waals surface area contributed by atoms with Gasteiger partial charge >= 0.3 is 0 Å². The van der Waals surface area contributed by atoms with Crippen molar-refractivity contribution in [3.8, 4) is 0 Å². The summed E-state index contributed by atoms with van der Waals surface area (Å²) in [6, 6.07) is 10.3. The average molecular weight is 234 g/mol. The zero-order valence-electron chi connectivity index (χ0n) is 10.9. The SMILES string of the molecule is CCC(Cc1ccccc1)NC(=O)C(C)(C)N. The van der Waals surface area contributed by atoms with Gasteiger partial charge in [0.25, 0.3) is 0 Å². The van der Waals surface area contributed by atoms with Gasteiger partial charge in [-0.3, -0.25) is 4.79 Å². The third-order valence-electron chi connectivity index (χ3n) is 2.74. The van der Waals surface area contributed by atoms with Crippen LogP contribution < -0.4 is 11.1 Å². The van der Waals surface area contributed by atoms with Crippen LogP contribution in [0.25, 0.3) is 0 Å². The molecule has 94 valence electrons. The lowest BCUT2D eigenvalue weighted by Crippen LogP contribution is -2.52. The summed E-state index contributed by atoms with van der Waals surface area (Å²) in [5, 5.41) is 2.99. The van der Waals surface area contributed by atoms with Crippen molar-refractivity contribution in [1.29, 1.82) is 0 Å². The van der Waals surface area contributed by atoms with Gasteiger partial charge in [-0.15, -0.1) is 0 Å². The monoisotopic (exact) mass is 234 g/mol. The molecule has 1 unspecified atom stereocenters. The Morgan fingerprint density at radius 2 is 1.94 bits per heavy atom. The van der Waals surface area contributed by atoms with Crippen LogP contribution in [0.1, 0.15) is 32.8 Å². The number of carbonyl (C=O) groups excluding carboxylic acids is 1. The molecule has 1 aromatic carbocycles. The van der Waals surface area contributed by atoms with Crippen molar-refractivity contribution in [1.82, 2.24) is 5.32 Å². The Bertz CT molecular complexity index is 354. The Kier molecular flexibility index (Phi) is 4.70. The molecule has 1 amide bonds. The molecule has 0 aliphatic carbocycles. The van der Waals surface area contributed by atoms with Crippen molar-refractivity contribution < 1.29 is 4.79 Å². The van der Waals surface area contributed by atoms with E-state index in [1.807, 2.05) is 18.2 Å². The molecule has 0 heterocycles. The lowest BCUT2D eigenvalue weighted by atomic mass is 10.0. The van der Waals surface area contributed by atoms with Crippen molar-refractivity contribution in [3.05, 3.63) is 35.9 Å². The van der Waals surface area contributed by atoms with Crippen LogP contribution in [0, 0.1) is 0 Å². The van der Waals surface area contributed by atoms with Gasteiger partial charge in [0.15, 0.2) is 0 Å². The van der Waals surface area contributed by atoms with Crippen molar-refractivity contribution in [3.63, 3.8) is 0 Å². The van der Waals surface area contributed by atoms with E-state index in [1.54, 1.807) is 13.8 Å². The third kappa shape index (κ3) is 4.57. The molecular weight excluding hydrogens is 212 g/mol. The van der Waals surface area contributed by atoms with E-state index in [2.05, 4.69) is 24.4 Å². The standard InChI is InChI=1S/C14H22N2O/c1-4-12(16-13(17)14(2,3)15)10-11-8-6-5-7-9-11/h5-9,12H,4,10,15H2,1-3H3,(H,16,17). The van der Waals surface area contributed by atoms with Gasteiger partial charge in [-0.05, 0) is 32.3 Å². The van der Waals surface area contributed by atoms with Gasteiger partial charge in [0.05, 0.1) is 5.54 Å². The Labute approximate surface area is 103 Å². The fraction of sp³-hybridized carbons (Fsp3) is 0.500. The Balaban J connectivity index is 2.59. The van der Waals surface area contributed by atoms with Crippen LogP contribution in [0.15, 0.2) is 30.3 Å². The predicted octanol–water partition coefficient (Wildman–Crippen LogP) is 1.86. The first-order valence-corrected chi connectivity index (χ1v) is 6.07. The quantitative estimate of drug-likeness (QED) is 0.817. The van der Waals surface area contributed by atoms with Crippen LogP contribution in [-0.4, -0.2) is 17.5 Å². The van der Waals surface area contributed by atoms with Gasteiger partial charge in [-0.2, -0.15) is 0 Å². The summed E-state index contributed by atoms with van der Waals surface area (Å²) in [5.74, 6) is -0.0970. The van der Waals surface area contributed by atoms with E-state index < -0.39 is 5.54 Å². The van der Waals surface area contributed by atoms with Gasteiger partial charge in [0.1, 0.15) is 0 Å². The first kappa shape index (κ1) is 13.7. The lowest BCUT2D eigenvalue weighted by Gasteiger charge is -2.23. The number of nitrogens with one attached hydrogen (secondary N) is 1. The zero-order valence-corrected chi connectivity index (χ0v) is 10.9. The summed E-state index contributed by atoms with van der Waals surface area (Å²) in [5.41, 5.74) is 6.18. The lowest BCUT2D eigenvalue weighted by molar-refractivity contribution is -0.125. The van der Waals surface area contributed by atoms with Crippen LogP contribution in [0.2, 0.25) is 0 Å². The van der Waals surface area contributed by atoms with Gasteiger partial charge in [-0.1, -0.05) is 37.3 Å². The molecule has 0 fully saturated rings. The van der Waals surface area contributed by atoms with Gasteiger partial charge in [0.2, 0.25) is 5.91 Å². The minimum Gasteiger partial charge on any atom is -0.351 e. The van der Waals surface area contributed by atoms with Crippen LogP contribution in [0.5, 0.6) is 0 Å². The number of hydrogen-bond acceptors (Lipinski definition) is 2. The summed E-state index contributed by atoms with van der Waals surface area (Å²) in [6.07, 6.45) is 1.75. The highest BCUT2D eigenvalue weighted by Crippen LogP contribution is 2.07. The fourth-order valence-electron chi connectivity index (χ4n) is 1.57. The highest BCUT2D eigenvalue weighted by molar-refractivity contribution is 5.85. The maximum absolute atomic E-state index is 11.8. The number of carbonyl (C=O) groups is 1. The third-order valence-corrected chi connectivity index (χ3v) is 2.74. The smallest absolute Gasteiger partial charge is 0.239 e. The van der Waals surface area contributed by atoms with Crippen LogP contribution in [0.4, 0.5) is 0 Å².